The van der Waals surface area contributed by atoms with Gasteiger partial charge in [0.2, 0.25) is 10.0 Å². The summed E-state index contributed by atoms with van der Waals surface area (Å²) in [5, 5.41) is 1.57. The lowest BCUT2D eigenvalue weighted by Gasteiger charge is -2.16. The molecule has 0 fully saturated rings. The fourth-order valence-corrected chi connectivity index (χ4v) is 3.53. The SMILES string of the molecule is COCC(CN)NS(=O)(=O)c1cccc2ccccc12. The average Bonchev–Trinajstić information content (AvgIpc) is 2.46. The highest BCUT2D eigenvalue weighted by atomic mass is 32.2. The molecule has 6 heteroatoms. The maximum atomic E-state index is 12.5. The minimum Gasteiger partial charge on any atom is -0.383 e. The van der Waals surface area contributed by atoms with E-state index in [0.29, 0.717) is 5.39 Å². The zero-order chi connectivity index (χ0) is 14.6. The number of nitrogens with two attached hydrogens (primary N) is 1. The van der Waals surface area contributed by atoms with Crippen molar-refractivity contribution in [3.05, 3.63) is 42.5 Å². The molecule has 108 valence electrons. The van der Waals surface area contributed by atoms with E-state index < -0.39 is 16.1 Å². The number of methoxy groups -OCH3 is 1. The van der Waals surface area contributed by atoms with Crippen LogP contribution in [0, 0.1) is 0 Å². The molecule has 1 unspecified atom stereocenters. The minimum atomic E-state index is -3.63. The molecule has 0 aliphatic rings. The van der Waals surface area contributed by atoms with Gasteiger partial charge in [-0.25, -0.2) is 13.1 Å². The molecule has 0 heterocycles. The summed E-state index contributed by atoms with van der Waals surface area (Å²) >= 11 is 0. The molecule has 2 aromatic rings. The van der Waals surface area contributed by atoms with Crippen LogP contribution in [0.5, 0.6) is 0 Å². The Balaban J connectivity index is 2.41. The maximum Gasteiger partial charge on any atom is 0.241 e. The molecule has 20 heavy (non-hydrogen) atoms. The van der Waals surface area contributed by atoms with Crippen LogP contribution in [-0.2, 0) is 14.8 Å². The first kappa shape index (κ1) is 14.9. The molecule has 0 amide bonds. The first-order chi connectivity index (χ1) is 9.58. The van der Waals surface area contributed by atoms with Gasteiger partial charge in [0.05, 0.1) is 17.5 Å². The van der Waals surface area contributed by atoms with Crippen molar-refractivity contribution in [1.29, 1.82) is 0 Å². The van der Waals surface area contributed by atoms with Crippen LogP contribution in [-0.4, -0.2) is 34.7 Å². The highest BCUT2D eigenvalue weighted by Gasteiger charge is 2.21. The Morgan fingerprint density at radius 3 is 2.60 bits per heavy atom. The fraction of sp³-hybridized carbons (Fsp3) is 0.286. The summed E-state index contributed by atoms with van der Waals surface area (Å²) in [5.74, 6) is 0. The Hall–Kier alpha value is -1.47. The van der Waals surface area contributed by atoms with Crippen molar-refractivity contribution in [2.45, 2.75) is 10.9 Å². The zero-order valence-electron chi connectivity index (χ0n) is 11.2. The maximum absolute atomic E-state index is 12.5. The lowest BCUT2D eigenvalue weighted by atomic mass is 10.1. The van der Waals surface area contributed by atoms with Gasteiger partial charge < -0.3 is 10.5 Å². The topological polar surface area (TPSA) is 81.4 Å². The third kappa shape index (κ3) is 3.16. The lowest BCUT2D eigenvalue weighted by molar-refractivity contribution is 0.177. The van der Waals surface area contributed by atoms with E-state index in [0.717, 1.165) is 5.39 Å². The highest BCUT2D eigenvalue weighted by Crippen LogP contribution is 2.22. The van der Waals surface area contributed by atoms with Gasteiger partial charge in [-0.3, -0.25) is 0 Å². The van der Waals surface area contributed by atoms with Crippen molar-refractivity contribution in [1.82, 2.24) is 4.72 Å². The Morgan fingerprint density at radius 2 is 1.90 bits per heavy atom. The number of sulfonamides is 1. The summed E-state index contributed by atoms with van der Waals surface area (Å²) < 4.78 is 32.5. The number of hydrogen-bond donors (Lipinski definition) is 2. The van der Waals surface area contributed by atoms with Gasteiger partial charge in [-0.2, -0.15) is 0 Å². The molecule has 0 radical (unpaired) electrons. The lowest BCUT2D eigenvalue weighted by Crippen LogP contribution is -2.43. The van der Waals surface area contributed by atoms with E-state index >= 15 is 0 Å². The predicted molar refractivity (Wildman–Crippen MR) is 79.0 cm³/mol. The van der Waals surface area contributed by atoms with Gasteiger partial charge in [-0.15, -0.1) is 0 Å². The van der Waals surface area contributed by atoms with Crippen LogP contribution >= 0.6 is 0 Å². The van der Waals surface area contributed by atoms with Crippen molar-refractivity contribution < 1.29 is 13.2 Å². The van der Waals surface area contributed by atoms with Crippen LogP contribution < -0.4 is 10.5 Å². The molecule has 0 spiro atoms. The number of fused-ring (bicyclic) bond motifs is 1. The summed E-state index contributed by atoms with van der Waals surface area (Å²) in [7, 11) is -2.12. The monoisotopic (exact) mass is 294 g/mol. The first-order valence-electron chi connectivity index (χ1n) is 6.27. The summed E-state index contributed by atoms with van der Waals surface area (Å²) in [5.41, 5.74) is 5.55. The van der Waals surface area contributed by atoms with Crippen LogP contribution in [0.15, 0.2) is 47.4 Å². The largest absolute Gasteiger partial charge is 0.383 e. The molecule has 0 aliphatic heterocycles. The van der Waals surface area contributed by atoms with Crippen LogP contribution in [0.4, 0.5) is 0 Å². The van der Waals surface area contributed by atoms with Gasteiger partial charge in [0.15, 0.2) is 0 Å². The molecule has 1 atom stereocenters. The molecular weight excluding hydrogens is 276 g/mol. The smallest absolute Gasteiger partial charge is 0.241 e. The van der Waals surface area contributed by atoms with Crippen molar-refractivity contribution in [3.63, 3.8) is 0 Å². The van der Waals surface area contributed by atoms with E-state index in [1.165, 1.54) is 7.11 Å². The Kier molecular flexibility index (Phi) is 4.72. The molecule has 2 aromatic carbocycles. The van der Waals surface area contributed by atoms with Crippen LogP contribution in [0.2, 0.25) is 0 Å². The van der Waals surface area contributed by atoms with Gasteiger partial charge in [-0.05, 0) is 11.5 Å². The summed E-state index contributed by atoms with van der Waals surface area (Å²) in [6.07, 6.45) is 0. The first-order valence-corrected chi connectivity index (χ1v) is 7.76. The van der Waals surface area contributed by atoms with Gasteiger partial charge in [0.25, 0.3) is 0 Å². The standard InChI is InChI=1S/C14H18N2O3S/c1-19-10-12(9-15)16-20(17,18)14-8-4-6-11-5-2-3-7-13(11)14/h2-8,12,16H,9-10,15H2,1H3. The van der Waals surface area contributed by atoms with E-state index in [-0.39, 0.29) is 18.0 Å². The normalized spacial score (nSPS) is 13.5. The summed E-state index contributed by atoms with van der Waals surface area (Å²) in [6, 6.07) is 12.1. The average molecular weight is 294 g/mol. The molecule has 0 aliphatic carbocycles. The van der Waals surface area contributed by atoms with E-state index in [1.807, 2.05) is 24.3 Å². The number of ether oxygens (including phenoxy) is 1. The van der Waals surface area contributed by atoms with Crippen LogP contribution in [0.25, 0.3) is 10.8 Å². The molecule has 0 bridgehead atoms. The number of rotatable bonds is 6. The van der Waals surface area contributed by atoms with Crippen molar-refractivity contribution >= 4 is 20.8 Å². The van der Waals surface area contributed by atoms with Crippen LogP contribution in [0.1, 0.15) is 0 Å². The molecule has 0 saturated carbocycles. The Morgan fingerprint density at radius 1 is 1.20 bits per heavy atom. The molecular formula is C14H18N2O3S. The molecule has 5 nitrogen and oxygen atoms in total. The fourth-order valence-electron chi connectivity index (χ4n) is 2.06. The molecule has 0 aromatic heterocycles. The van der Waals surface area contributed by atoms with Crippen molar-refractivity contribution in [3.8, 4) is 0 Å². The second kappa shape index (κ2) is 6.32. The second-order valence-corrected chi connectivity index (χ2v) is 6.17. The summed E-state index contributed by atoms with van der Waals surface area (Å²) in [6.45, 7) is 0.415. The van der Waals surface area contributed by atoms with E-state index in [9.17, 15) is 8.42 Å². The Bertz CT molecular complexity index is 680. The van der Waals surface area contributed by atoms with Gasteiger partial charge >= 0.3 is 0 Å². The summed E-state index contributed by atoms with van der Waals surface area (Å²) in [4.78, 5) is 0.255. The van der Waals surface area contributed by atoms with Gasteiger partial charge in [0, 0.05) is 19.0 Å². The van der Waals surface area contributed by atoms with E-state index in [1.54, 1.807) is 18.2 Å². The molecule has 3 N–H and O–H groups in total. The third-order valence-electron chi connectivity index (χ3n) is 3.01. The highest BCUT2D eigenvalue weighted by molar-refractivity contribution is 7.89. The van der Waals surface area contributed by atoms with Crippen LogP contribution in [0.3, 0.4) is 0 Å². The van der Waals surface area contributed by atoms with E-state index in [2.05, 4.69) is 4.72 Å². The minimum absolute atomic E-state index is 0.178. The molecule has 2 rings (SSSR count). The van der Waals surface area contributed by atoms with Gasteiger partial charge in [-0.1, -0.05) is 36.4 Å². The number of nitrogens with one attached hydrogen (secondary N) is 1. The zero-order valence-corrected chi connectivity index (χ0v) is 12.1. The quantitative estimate of drug-likeness (QED) is 0.835. The van der Waals surface area contributed by atoms with Gasteiger partial charge in [0.1, 0.15) is 0 Å². The number of hydrogen-bond acceptors (Lipinski definition) is 4. The molecule has 0 saturated heterocycles. The second-order valence-electron chi connectivity index (χ2n) is 4.49. The predicted octanol–water partition coefficient (Wildman–Crippen LogP) is 1.09. The van der Waals surface area contributed by atoms with E-state index in [4.69, 9.17) is 10.5 Å². The van der Waals surface area contributed by atoms with Crippen molar-refractivity contribution in [2.75, 3.05) is 20.3 Å². The third-order valence-corrected chi connectivity index (χ3v) is 4.59. The number of benzene rings is 2. The van der Waals surface area contributed by atoms with Crippen molar-refractivity contribution in [2.24, 2.45) is 5.73 Å². The Labute approximate surface area is 118 Å².